The molecule has 2 amide bonds. The molecule has 3 aromatic rings. The second-order valence-corrected chi connectivity index (χ2v) is 6.91. The predicted octanol–water partition coefficient (Wildman–Crippen LogP) is 3.38. The van der Waals surface area contributed by atoms with E-state index in [0.29, 0.717) is 23.6 Å². The molecular formula is C25H26N2O4. The average molecular weight is 418 g/mol. The van der Waals surface area contributed by atoms with Crippen molar-refractivity contribution in [2.75, 3.05) is 27.3 Å². The SMILES string of the molecule is CNC(=O)COc1ccc(C(=O)NCC(c2ccccc2)c2ccccc2)cc1OC. The molecule has 0 aliphatic rings. The van der Waals surface area contributed by atoms with Crippen molar-refractivity contribution in [1.29, 1.82) is 0 Å². The number of likely N-dealkylation sites (N-methyl/N-ethyl adjacent to an activating group) is 1. The van der Waals surface area contributed by atoms with Crippen LogP contribution in [-0.4, -0.2) is 39.1 Å². The Balaban J connectivity index is 1.73. The Labute approximate surface area is 182 Å². The van der Waals surface area contributed by atoms with Crippen LogP contribution in [0.15, 0.2) is 78.9 Å². The summed E-state index contributed by atoms with van der Waals surface area (Å²) < 4.78 is 10.8. The van der Waals surface area contributed by atoms with Crippen LogP contribution in [0.3, 0.4) is 0 Å². The second kappa shape index (κ2) is 10.8. The molecule has 0 aliphatic heterocycles. The molecule has 0 aliphatic carbocycles. The Morgan fingerprint density at radius 2 is 1.48 bits per heavy atom. The number of amides is 2. The number of nitrogens with one attached hydrogen (secondary N) is 2. The molecule has 6 heteroatoms. The van der Waals surface area contributed by atoms with Crippen LogP contribution in [0.25, 0.3) is 0 Å². The van der Waals surface area contributed by atoms with Gasteiger partial charge < -0.3 is 20.1 Å². The highest BCUT2D eigenvalue weighted by Crippen LogP contribution is 2.28. The molecule has 3 aromatic carbocycles. The Bertz CT molecular complexity index is 967. The molecule has 0 fully saturated rings. The lowest BCUT2D eigenvalue weighted by Gasteiger charge is -2.19. The lowest BCUT2D eigenvalue weighted by Crippen LogP contribution is -2.29. The summed E-state index contributed by atoms with van der Waals surface area (Å²) in [5.74, 6) is 0.349. The van der Waals surface area contributed by atoms with E-state index in [1.165, 1.54) is 14.2 Å². The number of carbonyl (C=O) groups excluding carboxylic acids is 2. The maximum Gasteiger partial charge on any atom is 0.257 e. The van der Waals surface area contributed by atoms with Gasteiger partial charge in [0, 0.05) is 25.1 Å². The lowest BCUT2D eigenvalue weighted by atomic mass is 9.91. The van der Waals surface area contributed by atoms with E-state index in [2.05, 4.69) is 34.9 Å². The third kappa shape index (κ3) is 5.85. The van der Waals surface area contributed by atoms with Gasteiger partial charge in [-0.3, -0.25) is 9.59 Å². The zero-order chi connectivity index (χ0) is 22.1. The van der Waals surface area contributed by atoms with E-state index in [1.54, 1.807) is 18.2 Å². The van der Waals surface area contributed by atoms with Gasteiger partial charge in [0.05, 0.1) is 7.11 Å². The minimum absolute atomic E-state index is 0.0309. The molecule has 31 heavy (non-hydrogen) atoms. The Morgan fingerprint density at radius 1 is 0.871 bits per heavy atom. The number of benzene rings is 3. The van der Waals surface area contributed by atoms with E-state index >= 15 is 0 Å². The minimum atomic E-state index is -0.253. The van der Waals surface area contributed by atoms with Crippen LogP contribution in [-0.2, 0) is 4.79 Å². The summed E-state index contributed by atoms with van der Waals surface area (Å²) in [6.07, 6.45) is 0. The van der Waals surface area contributed by atoms with E-state index < -0.39 is 0 Å². The number of hydrogen-bond acceptors (Lipinski definition) is 4. The number of carbonyl (C=O) groups is 2. The van der Waals surface area contributed by atoms with Crippen LogP contribution >= 0.6 is 0 Å². The monoisotopic (exact) mass is 418 g/mol. The maximum atomic E-state index is 12.8. The fraction of sp³-hybridized carbons (Fsp3) is 0.200. The topological polar surface area (TPSA) is 76.7 Å². The average Bonchev–Trinajstić information content (AvgIpc) is 2.83. The highest BCUT2D eigenvalue weighted by atomic mass is 16.5. The van der Waals surface area contributed by atoms with Gasteiger partial charge >= 0.3 is 0 Å². The third-order valence-electron chi connectivity index (χ3n) is 4.93. The third-order valence-corrected chi connectivity index (χ3v) is 4.93. The molecule has 0 radical (unpaired) electrons. The molecular weight excluding hydrogens is 392 g/mol. The van der Waals surface area contributed by atoms with Crippen LogP contribution in [0.1, 0.15) is 27.4 Å². The van der Waals surface area contributed by atoms with Crippen LogP contribution in [0.4, 0.5) is 0 Å². The van der Waals surface area contributed by atoms with Crippen molar-refractivity contribution in [2.24, 2.45) is 0 Å². The molecule has 2 N–H and O–H groups in total. The molecule has 0 spiro atoms. The van der Waals surface area contributed by atoms with Crippen molar-refractivity contribution in [3.63, 3.8) is 0 Å². The van der Waals surface area contributed by atoms with Gasteiger partial charge in [-0.25, -0.2) is 0 Å². The molecule has 0 heterocycles. The summed E-state index contributed by atoms with van der Waals surface area (Å²) in [5, 5.41) is 5.51. The zero-order valence-electron chi connectivity index (χ0n) is 17.6. The fourth-order valence-corrected chi connectivity index (χ4v) is 3.24. The van der Waals surface area contributed by atoms with Gasteiger partial charge in [-0.2, -0.15) is 0 Å². The highest BCUT2D eigenvalue weighted by Gasteiger charge is 2.17. The van der Waals surface area contributed by atoms with E-state index in [1.807, 2.05) is 36.4 Å². The van der Waals surface area contributed by atoms with Crippen molar-refractivity contribution in [3.8, 4) is 11.5 Å². The first-order chi connectivity index (χ1) is 15.1. The molecule has 0 atom stereocenters. The molecule has 0 saturated heterocycles. The predicted molar refractivity (Wildman–Crippen MR) is 120 cm³/mol. The maximum absolute atomic E-state index is 12.8. The molecule has 6 nitrogen and oxygen atoms in total. The molecule has 0 unspecified atom stereocenters. The van der Waals surface area contributed by atoms with Gasteiger partial charge in [-0.05, 0) is 29.3 Å². The van der Waals surface area contributed by atoms with Crippen LogP contribution in [0.5, 0.6) is 11.5 Å². The molecule has 0 aromatic heterocycles. The quantitative estimate of drug-likeness (QED) is 0.559. The van der Waals surface area contributed by atoms with Crippen molar-refractivity contribution < 1.29 is 19.1 Å². The number of ether oxygens (including phenoxy) is 2. The smallest absolute Gasteiger partial charge is 0.257 e. The first-order valence-electron chi connectivity index (χ1n) is 10.0. The minimum Gasteiger partial charge on any atom is -0.493 e. The van der Waals surface area contributed by atoms with Crippen LogP contribution in [0.2, 0.25) is 0 Å². The summed E-state index contributed by atoms with van der Waals surface area (Å²) in [6.45, 7) is 0.318. The Morgan fingerprint density at radius 3 is 2.03 bits per heavy atom. The zero-order valence-corrected chi connectivity index (χ0v) is 17.6. The van der Waals surface area contributed by atoms with Crippen molar-refractivity contribution in [3.05, 3.63) is 95.6 Å². The van der Waals surface area contributed by atoms with Gasteiger partial charge in [0.1, 0.15) is 0 Å². The second-order valence-electron chi connectivity index (χ2n) is 6.91. The van der Waals surface area contributed by atoms with Gasteiger partial charge in [-0.15, -0.1) is 0 Å². The summed E-state index contributed by atoms with van der Waals surface area (Å²) in [5.41, 5.74) is 2.71. The summed E-state index contributed by atoms with van der Waals surface area (Å²) in [7, 11) is 3.03. The van der Waals surface area contributed by atoms with E-state index in [4.69, 9.17) is 9.47 Å². The first kappa shape index (κ1) is 21.9. The van der Waals surface area contributed by atoms with E-state index in [9.17, 15) is 9.59 Å². The standard InChI is InChI=1S/C25H26N2O4/c1-26-24(28)17-31-22-14-13-20(15-23(22)30-2)25(29)27-16-21(18-9-5-3-6-10-18)19-11-7-4-8-12-19/h3-15,21H,16-17H2,1-2H3,(H,26,28)(H,27,29). The van der Waals surface area contributed by atoms with Gasteiger partial charge in [0.2, 0.25) is 0 Å². The Kier molecular flexibility index (Phi) is 7.65. The fourth-order valence-electron chi connectivity index (χ4n) is 3.24. The lowest BCUT2D eigenvalue weighted by molar-refractivity contribution is -0.122. The highest BCUT2D eigenvalue weighted by molar-refractivity contribution is 5.95. The number of hydrogen-bond donors (Lipinski definition) is 2. The normalized spacial score (nSPS) is 10.4. The van der Waals surface area contributed by atoms with Crippen LogP contribution < -0.4 is 20.1 Å². The summed E-state index contributed by atoms with van der Waals surface area (Å²) in [6, 6.07) is 25.1. The molecule has 160 valence electrons. The van der Waals surface area contributed by atoms with Crippen molar-refractivity contribution in [2.45, 2.75) is 5.92 Å². The first-order valence-corrected chi connectivity index (χ1v) is 10.0. The van der Waals surface area contributed by atoms with Gasteiger partial charge in [0.15, 0.2) is 18.1 Å². The van der Waals surface area contributed by atoms with Crippen molar-refractivity contribution >= 4 is 11.8 Å². The Hall–Kier alpha value is -3.80. The van der Waals surface area contributed by atoms with Gasteiger partial charge in [0.25, 0.3) is 11.8 Å². The molecule has 0 bridgehead atoms. The van der Waals surface area contributed by atoms with E-state index in [-0.39, 0.29) is 24.3 Å². The summed E-state index contributed by atoms with van der Waals surface area (Å²) >= 11 is 0. The molecule has 3 rings (SSSR count). The van der Waals surface area contributed by atoms with Crippen LogP contribution in [0, 0.1) is 0 Å². The number of rotatable bonds is 9. The van der Waals surface area contributed by atoms with Gasteiger partial charge in [-0.1, -0.05) is 60.7 Å². The summed E-state index contributed by atoms with van der Waals surface area (Å²) in [4.78, 5) is 24.2. The number of methoxy groups -OCH3 is 1. The van der Waals surface area contributed by atoms with Crippen molar-refractivity contribution in [1.82, 2.24) is 10.6 Å². The largest absolute Gasteiger partial charge is 0.493 e. The van der Waals surface area contributed by atoms with E-state index in [0.717, 1.165) is 11.1 Å². The molecule has 0 saturated carbocycles.